The van der Waals surface area contributed by atoms with Crippen LogP contribution in [0.5, 0.6) is 0 Å². The fraction of sp³-hybridized carbons (Fsp3) is 0.889. The summed E-state index contributed by atoms with van der Waals surface area (Å²) in [4.78, 5) is 26.7. The predicted octanol–water partition coefficient (Wildman–Crippen LogP) is 2.49. The first-order valence-electron chi connectivity index (χ1n) is 9.14. The largest absolute Gasteiger partial charge is 0.467 e. The Hall–Kier alpha value is -1.10. The average molecular weight is 324 g/mol. The van der Waals surface area contributed by atoms with E-state index in [4.69, 9.17) is 4.74 Å². The van der Waals surface area contributed by atoms with Crippen molar-refractivity contribution in [3.8, 4) is 0 Å². The van der Waals surface area contributed by atoms with Gasteiger partial charge in [-0.05, 0) is 38.6 Å². The van der Waals surface area contributed by atoms with E-state index in [2.05, 4.69) is 10.2 Å². The molecule has 0 aromatic heterocycles. The fourth-order valence-corrected chi connectivity index (χ4v) is 4.16. The normalized spacial score (nSPS) is 21.9. The smallest absolute Gasteiger partial charge is 0.331 e. The summed E-state index contributed by atoms with van der Waals surface area (Å²) in [6.45, 7) is 1.33. The highest BCUT2D eigenvalue weighted by molar-refractivity contribution is 5.88. The van der Waals surface area contributed by atoms with Gasteiger partial charge in [0.25, 0.3) is 0 Å². The lowest BCUT2D eigenvalue weighted by atomic mass is 9.81. The minimum Gasteiger partial charge on any atom is -0.467 e. The Morgan fingerprint density at radius 2 is 1.70 bits per heavy atom. The number of methoxy groups -OCH3 is 1. The molecule has 23 heavy (non-hydrogen) atoms. The Kier molecular flexibility index (Phi) is 6.88. The second kappa shape index (κ2) is 8.67. The highest BCUT2D eigenvalue weighted by atomic mass is 16.5. The SMILES string of the molecule is COC(=O)C1(NC(=O)CN(C)CC2CCCCC2)CCCCC1. The number of carbonyl (C=O) groups excluding carboxylic acids is 2. The van der Waals surface area contributed by atoms with Gasteiger partial charge in [0, 0.05) is 6.54 Å². The maximum atomic E-state index is 12.4. The van der Waals surface area contributed by atoms with Gasteiger partial charge in [0.1, 0.15) is 5.54 Å². The molecular formula is C18H32N2O3. The molecule has 0 aliphatic heterocycles. The van der Waals surface area contributed by atoms with Crippen LogP contribution in [0, 0.1) is 5.92 Å². The Morgan fingerprint density at radius 1 is 1.09 bits per heavy atom. The molecule has 2 aliphatic rings. The molecule has 2 aliphatic carbocycles. The van der Waals surface area contributed by atoms with E-state index in [0.717, 1.165) is 25.8 Å². The lowest BCUT2D eigenvalue weighted by molar-refractivity contribution is -0.152. The summed E-state index contributed by atoms with van der Waals surface area (Å²) < 4.78 is 4.95. The van der Waals surface area contributed by atoms with Crippen molar-refractivity contribution in [1.82, 2.24) is 10.2 Å². The van der Waals surface area contributed by atoms with Gasteiger partial charge in [0.05, 0.1) is 13.7 Å². The molecule has 5 heteroatoms. The minimum atomic E-state index is -0.796. The van der Waals surface area contributed by atoms with Gasteiger partial charge in [-0.1, -0.05) is 38.5 Å². The van der Waals surface area contributed by atoms with Crippen molar-refractivity contribution in [2.75, 3.05) is 27.2 Å². The maximum Gasteiger partial charge on any atom is 0.331 e. The number of carbonyl (C=O) groups is 2. The van der Waals surface area contributed by atoms with Crippen LogP contribution >= 0.6 is 0 Å². The van der Waals surface area contributed by atoms with Crippen molar-refractivity contribution < 1.29 is 14.3 Å². The third-order valence-electron chi connectivity index (χ3n) is 5.37. The van der Waals surface area contributed by atoms with E-state index in [1.54, 1.807) is 0 Å². The van der Waals surface area contributed by atoms with Crippen LogP contribution in [0.15, 0.2) is 0 Å². The number of likely N-dealkylation sites (N-methyl/N-ethyl adjacent to an activating group) is 1. The highest BCUT2D eigenvalue weighted by Crippen LogP contribution is 2.29. The van der Waals surface area contributed by atoms with Crippen LogP contribution in [-0.4, -0.2) is 49.6 Å². The molecule has 2 rings (SSSR count). The molecule has 0 saturated heterocycles. The van der Waals surface area contributed by atoms with Crippen molar-refractivity contribution in [2.45, 2.75) is 69.7 Å². The molecular weight excluding hydrogens is 292 g/mol. The van der Waals surface area contributed by atoms with Gasteiger partial charge in [-0.25, -0.2) is 4.79 Å². The molecule has 132 valence electrons. The van der Waals surface area contributed by atoms with Crippen molar-refractivity contribution in [1.29, 1.82) is 0 Å². The zero-order valence-electron chi connectivity index (χ0n) is 14.7. The number of rotatable bonds is 6. The Bertz CT molecular complexity index is 399. The van der Waals surface area contributed by atoms with Crippen LogP contribution in [0.3, 0.4) is 0 Å². The summed E-state index contributed by atoms with van der Waals surface area (Å²) in [5.74, 6) is 0.363. The second-order valence-corrected chi connectivity index (χ2v) is 7.38. The van der Waals surface area contributed by atoms with Gasteiger partial charge >= 0.3 is 5.97 Å². The first kappa shape index (κ1) is 18.2. The van der Waals surface area contributed by atoms with Gasteiger partial charge in [-0.15, -0.1) is 0 Å². The summed E-state index contributed by atoms with van der Waals surface area (Å²) >= 11 is 0. The molecule has 1 N–H and O–H groups in total. The zero-order chi connectivity index (χ0) is 16.7. The molecule has 0 spiro atoms. The van der Waals surface area contributed by atoms with Crippen LogP contribution in [0.25, 0.3) is 0 Å². The third kappa shape index (κ3) is 5.20. The molecule has 0 unspecified atom stereocenters. The second-order valence-electron chi connectivity index (χ2n) is 7.38. The summed E-state index contributed by atoms with van der Waals surface area (Å²) in [6.07, 6.45) is 11.0. The molecule has 0 heterocycles. The van der Waals surface area contributed by atoms with Gasteiger partial charge in [0.2, 0.25) is 5.91 Å². The van der Waals surface area contributed by atoms with Crippen molar-refractivity contribution in [2.24, 2.45) is 5.92 Å². The van der Waals surface area contributed by atoms with Crippen LogP contribution in [0.1, 0.15) is 64.2 Å². The zero-order valence-corrected chi connectivity index (χ0v) is 14.7. The first-order valence-corrected chi connectivity index (χ1v) is 9.14. The van der Waals surface area contributed by atoms with Crippen LogP contribution in [-0.2, 0) is 14.3 Å². The standard InChI is InChI=1S/C18H32N2O3/c1-20(13-15-9-5-3-6-10-15)14-16(21)19-18(17(22)23-2)11-7-4-8-12-18/h15H,3-14H2,1-2H3,(H,19,21). The number of hydrogen-bond donors (Lipinski definition) is 1. The molecule has 1 amide bonds. The van der Waals surface area contributed by atoms with E-state index in [1.165, 1.54) is 39.2 Å². The summed E-state index contributed by atoms with van der Waals surface area (Å²) in [5.41, 5.74) is -0.796. The lowest BCUT2D eigenvalue weighted by Crippen LogP contribution is -2.57. The maximum absolute atomic E-state index is 12.4. The molecule has 0 aromatic rings. The van der Waals surface area contributed by atoms with Gasteiger partial charge in [-0.2, -0.15) is 0 Å². The van der Waals surface area contributed by atoms with Crippen molar-refractivity contribution >= 4 is 11.9 Å². The predicted molar refractivity (Wildman–Crippen MR) is 90.0 cm³/mol. The Morgan fingerprint density at radius 3 is 2.30 bits per heavy atom. The average Bonchev–Trinajstić information content (AvgIpc) is 2.55. The molecule has 0 radical (unpaired) electrons. The van der Waals surface area contributed by atoms with E-state index >= 15 is 0 Å². The monoisotopic (exact) mass is 324 g/mol. The lowest BCUT2D eigenvalue weighted by Gasteiger charge is -2.36. The number of nitrogens with one attached hydrogen (secondary N) is 1. The topological polar surface area (TPSA) is 58.6 Å². The van der Waals surface area contributed by atoms with E-state index in [1.807, 2.05) is 7.05 Å². The van der Waals surface area contributed by atoms with Crippen molar-refractivity contribution in [3.05, 3.63) is 0 Å². The minimum absolute atomic E-state index is 0.0596. The first-order chi connectivity index (χ1) is 11.1. The van der Waals surface area contributed by atoms with Crippen LogP contribution < -0.4 is 5.32 Å². The number of nitrogens with zero attached hydrogens (tertiary/aromatic N) is 1. The van der Waals surface area contributed by atoms with Gasteiger partial charge in [-0.3, -0.25) is 9.69 Å². The van der Waals surface area contributed by atoms with E-state index in [9.17, 15) is 9.59 Å². The Labute approximate surface area is 140 Å². The molecule has 5 nitrogen and oxygen atoms in total. The number of ether oxygens (including phenoxy) is 1. The van der Waals surface area contributed by atoms with Gasteiger partial charge in [0.15, 0.2) is 0 Å². The van der Waals surface area contributed by atoms with Crippen molar-refractivity contribution in [3.63, 3.8) is 0 Å². The van der Waals surface area contributed by atoms with E-state index in [-0.39, 0.29) is 11.9 Å². The van der Waals surface area contributed by atoms with E-state index in [0.29, 0.717) is 25.3 Å². The molecule has 0 bridgehead atoms. The highest BCUT2D eigenvalue weighted by Gasteiger charge is 2.41. The van der Waals surface area contributed by atoms with Gasteiger partial charge < -0.3 is 10.1 Å². The Balaban J connectivity index is 1.84. The number of hydrogen-bond acceptors (Lipinski definition) is 4. The van der Waals surface area contributed by atoms with E-state index < -0.39 is 5.54 Å². The van der Waals surface area contributed by atoms with Crippen LogP contribution in [0.4, 0.5) is 0 Å². The summed E-state index contributed by atoms with van der Waals surface area (Å²) in [7, 11) is 3.40. The molecule has 0 atom stereocenters. The number of amides is 1. The summed E-state index contributed by atoms with van der Waals surface area (Å²) in [5, 5.41) is 3.00. The third-order valence-corrected chi connectivity index (χ3v) is 5.37. The molecule has 0 aromatic carbocycles. The summed E-state index contributed by atoms with van der Waals surface area (Å²) in [6, 6.07) is 0. The quantitative estimate of drug-likeness (QED) is 0.763. The molecule has 2 fully saturated rings. The molecule has 2 saturated carbocycles. The fourth-order valence-electron chi connectivity index (χ4n) is 4.16. The number of esters is 1. The van der Waals surface area contributed by atoms with Crippen LogP contribution in [0.2, 0.25) is 0 Å².